The Kier molecular flexibility index (Phi) is 15.3. The first-order valence-electron chi connectivity index (χ1n) is 14.9. The number of hydrogen-bond acceptors (Lipinski definition) is 6. The second-order valence-corrected chi connectivity index (χ2v) is 11.8. The smallest absolute Gasteiger partial charge is 0.305 e. The van der Waals surface area contributed by atoms with Gasteiger partial charge in [-0.05, 0) is 54.4 Å². The number of ether oxygens (including phenoxy) is 2. The summed E-state index contributed by atoms with van der Waals surface area (Å²) >= 11 is 0. The Morgan fingerprint density at radius 2 is 1.65 bits per heavy atom. The van der Waals surface area contributed by atoms with Gasteiger partial charge in [-0.3, -0.25) is 14.4 Å². The number of carbonyl (C=O) groups excluding carboxylic acids is 3. The summed E-state index contributed by atoms with van der Waals surface area (Å²) in [5.74, 6) is -0.913. The van der Waals surface area contributed by atoms with Crippen LogP contribution >= 0.6 is 0 Å². The van der Waals surface area contributed by atoms with Crippen LogP contribution in [0.15, 0.2) is 79.9 Å². The Morgan fingerprint density at radius 1 is 0.953 bits per heavy atom. The molecule has 0 aromatic heterocycles. The van der Waals surface area contributed by atoms with Gasteiger partial charge in [-0.2, -0.15) is 0 Å². The largest absolute Gasteiger partial charge is 0.489 e. The maximum atomic E-state index is 13.3. The van der Waals surface area contributed by atoms with Crippen LogP contribution in [0.5, 0.6) is 5.75 Å². The van der Waals surface area contributed by atoms with Crippen molar-refractivity contribution in [3.8, 4) is 5.75 Å². The van der Waals surface area contributed by atoms with Gasteiger partial charge < -0.3 is 25.2 Å². The zero-order valence-electron chi connectivity index (χ0n) is 25.8. The standard InChI is InChI=1S/C35H48N2O6/c1-6-8-10-16-33(40)43-25-31(35(3,4)5)37-34(41)28(13-7-2)22-32(39)36-29(23-38)21-26-17-19-30(20-18-26)42-24-27-14-11-9-12-15-27/h6-7,9,11-12,14-15,17-20,28-29,31,38H,1-2,8,10,13,16,21-25H2,3-5H3,(H,36,39)(H,37,41). The zero-order valence-corrected chi connectivity index (χ0v) is 25.8. The van der Waals surface area contributed by atoms with E-state index in [0.29, 0.717) is 25.9 Å². The third-order valence-electron chi connectivity index (χ3n) is 7.06. The number of nitrogens with one attached hydrogen (secondary N) is 2. The van der Waals surface area contributed by atoms with E-state index in [1.54, 1.807) is 12.2 Å². The van der Waals surface area contributed by atoms with E-state index >= 15 is 0 Å². The molecule has 0 heterocycles. The highest BCUT2D eigenvalue weighted by molar-refractivity contribution is 5.86. The van der Waals surface area contributed by atoms with E-state index < -0.39 is 18.0 Å². The number of benzene rings is 2. The van der Waals surface area contributed by atoms with Crippen molar-refractivity contribution >= 4 is 17.8 Å². The molecule has 0 aliphatic heterocycles. The molecule has 3 N–H and O–H groups in total. The van der Waals surface area contributed by atoms with Gasteiger partial charge in [-0.1, -0.05) is 75.4 Å². The second-order valence-electron chi connectivity index (χ2n) is 11.8. The summed E-state index contributed by atoms with van der Waals surface area (Å²) in [7, 11) is 0. The molecule has 234 valence electrons. The van der Waals surface area contributed by atoms with Crippen molar-refractivity contribution in [3.05, 3.63) is 91.0 Å². The van der Waals surface area contributed by atoms with E-state index in [-0.39, 0.29) is 49.3 Å². The molecule has 8 heteroatoms. The Bertz CT molecular complexity index is 1160. The molecule has 0 fully saturated rings. The first-order chi connectivity index (χ1) is 20.5. The number of rotatable bonds is 19. The predicted molar refractivity (Wildman–Crippen MR) is 169 cm³/mol. The zero-order chi connectivity index (χ0) is 31.7. The van der Waals surface area contributed by atoms with E-state index in [1.165, 1.54) is 0 Å². The number of aliphatic hydroxyl groups excluding tert-OH is 1. The van der Waals surface area contributed by atoms with Crippen LogP contribution in [0, 0.1) is 11.3 Å². The fraction of sp³-hybridized carbons (Fsp3) is 0.457. The summed E-state index contributed by atoms with van der Waals surface area (Å²) in [5, 5.41) is 15.8. The third-order valence-corrected chi connectivity index (χ3v) is 7.06. The summed E-state index contributed by atoms with van der Waals surface area (Å²) in [4.78, 5) is 38.3. The lowest BCUT2D eigenvalue weighted by Gasteiger charge is -2.32. The highest BCUT2D eigenvalue weighted by atomic mass is 16.5. The molecule has 0 saturated heterocycles. The average Bonchev–Trinajstić information content (AvgIpc) is 2.98. The van der Waals surface area contributed by atoms with E-state index in [0.717, 1.165) is 23.3 Å². The minimum Gasteiger partial charge on any atom is -0.489 e. The summed E-state index contributed by atoms with van der Waals surface area (Å²) < 4.78 is 11.3. The van der Waals surface area contributed by atoms with Gasteiger partial charge in [0, 0.05) is 12.8 Å². The third kappa shape index (κ3) is 13.7. The normalized spacial score (nSPS) is 13.2. The molecule has 0 radical (unpaired) electrons. The number of allylic oxidation sites excluding steroid dienone is 2. The number of hydrogen-bond donors (Lipinski definition) is 3. The maximum absolute atomic E-state index is 13.3. The number of amides is 2. The van der Waals surface area contributed by atoms with Crippen molar-refractivity contribution < 1.29 is 29.0 Å². The highest BCUT2D eigenvalue weighted by Gasteiger charge is 2.31. The first-order valence-corrected chi connectivity index (χ1v) is 14.9. The monoisotopic (exact) mass is 592 g/mol. The van der Waals surface area contributed by atoms with Crippen molar-refractivity contribution in [2.45, 2.75) is 78.0 Å². The van der Waals surface area contributed by atoms with Crippen LogP contribution in [0.2, 0.25) is 0 Å². The number of aliphatic hydroxyl groups is 1. The van der Waals surface area contributed by atoms with Crippen LogP contribution in [-0.2, 0) is 32.1 Å². The molecule has 0 bridgehead atoms. The van der Waals surface area contributed by atoms with E-state index in [1.807, 2.05) is 75.4 Å². The molecule has 2 amide bonds. The first kappa shape index (κ1) is 35.3. The van der Waals surface area contributed by atoms with Crippen LogP contribution in [0.1, 0.15) is 64.0 Å². The Morgan fingerprint density at radius 3 is 2.26 bits per heavy atom. The fourth-order valence-corrected chi connectivity index (χ4v) is 4.34. The van der Waals surface area contributed by atoms with Crippen molar-refractivity contribution in [1.29, 1.82) is 0 Å². The summed E-state index contributed by atoms with van der Waals surface area (Å²) in [5.41, 5.74) is 1.62. The molecule has 0 saturated carbocycles. The Hall–Kier alpha value is -3.91. The summed E-state index contributed by atoms with van der Waals surface area (Å²) in [6.07, 6.45) is 5.68. The van der Waals surface area contributed by atoms with Crippen LogP contribution in [0.4, 0.5) is 0 Å². The molecule has 3 unspecified atom stereocenters. The second kappa shape index (κ2) is 18.6. The lowest BCUT2D eigenvalue weighted by molar-refractivity contribution is -0.146. The van der Waals surface area contributed by atoms with Gasteiger partial charge in [0.05, 0.1) is 24.6 Å². The number of carbonyl (C=O) groups is 3. The number of esters is 1. The topological polar surface area (TPSA) is 114 Å². The SMILES string of the molecule is C=CCCCC(=O)OCC(NC(=O)C(CC=C)CC(=O)NC(CO)Cc1ccc(OCc2ccccc2)cc1)C(C)(C)C. The minimum absolute atomic E-state index is 0.0395. The van der Waals surface area contributed by atoms with Gasteiger partial charge in [0.25, 0.3) is 0 Å². The molecule has 3 atom stereocenters. The van der Waals surface area contributed by atoms with E-state index in [9.17, 15) is 19.5 Å². The van der Waals surface area contributed by atoms with Crippen LogP contribution in [0.3, 0.4) is 0 Å². The molecular formula is C35H48N2O6. The minimum atomic E-state index is -0.661. The van der Waals surface area contributed by atoms with Gasteiger partial charge in [0.15, 0.2) is 0 Å². The summed E-state index contributed by atoms with van der Waals surface area (Å²) in [6, 6.07) is 16.5. The molecular weight excluding hydrogens is 544 g/mol. The Labute approximate surface area is 256 Å². The van der Waals surface area contributed by atoms with E-state index in [4.69, 9.17) is 9.47 Å². The predicted octanol–water partition coefficient (Wildman–Crippen LogP) is 5.30. The lowest BCUT2D eigenvalue weighted by atomic mass is 9.86. The van der Waals surface area contributed by atoms with Gasteiger partial charge in [-0.25, -0.2) is 0 Å². The number of unbranched alkanes of at least 4 members (excludes halogenated alkanes) is 1. The molecule has 0 spiro atoms. The van der Waals surface area contributed by atoms with Gasteiger partial charge >= 0.3 is 5.97 Å². The fourth-order valence-electron chi connectivity index (χ4n) is 4.34. The van der Waals surface area contributed by atoms with Crippen LogP contribution in [-0.4, -0.2) is 48.2 Å². The van der Waals surface area contributed by atoms with Crippen molar-refractivity contribution in [1.82, 2.24) is 10.6 Å². The average molecular weight is 593 g/mol. The maximum Gasteiger partial charge on any atom is 0.305 e. The molecule has 43 heavy (non-hydrogen) atoms. The quantitative estimate of drug-likeness (QED) is 0.116. The van der Waals surface area contributed by atoms with Crippen LogP contribution in [0.25, 0.3) is 0 Å². The summed E-state index contributed by atoms with van der Waals surface area (Å²) in [6.45, 7) is 13.5. The molecule has 0 aliphatic carbocycles. The van der Waals surface area contributed by atoms with E-state index in [2.05, 4.69) is 23.8 Å². The van der Waals surface area contributed by atoms with Gasteiger partial charge in [0.1, 0.15) is 19.0 Å². The van der Waals surface area contributed by atoms with Crippen molar-refractivity contribution in [2.24, 2.45) is 11.3 Å². The Balaban J connectivity index is 1.91. The lowest BCUT2D eigenvalue weighted by Crippen LogP contribution is -2.50. The highest BCUT2D eigenvalue weighted by Crippen LogP contribution is 2.22. The molecule has 2 aromatic rings. The molecule has 2 rings (SSSR count). The van der Waals surface area contributed by atoms with Crippen LogP contribution < -0.4 is 15.4 Å². The van der Waals surface area contributed by atoms with Crippen molar-refractivity contribution in [2.75, 3.05) is 13.2 Å². The van der Waals surface area contributed by atoms with Crippen molar-refractivity contribution in [3.63, 3.8) is 0 Å². The van der Waals surface area contributed by atoms with Gasteiger partial charge in [0.2, 0.25) is 11.8 Å². The van der Waals surface area contributed by atoms with Gasteiger partial charge in [-0.15, -0.1) is 13.2 Å². The molecule has 8 nitrogen and oxygen atoms in total. The molecule has 2 aromatic carbocycles. The molecule has 0 aliphatic rings.